The van der Waals surface area contributed by atoms with Crippen LogP contribution in [0.4, 0.5) is 5.82 Å². The Morgan fingerprint density at radius 1 is 1.57 bits per heavy atom. The van der Waals surface area contributed by atoms with E-state index in [9.17, 15) is 0 Å². The molecule has 2 bridgehead atoms. The zero-order valence-corrected chi connectivity index (χ0v) is 9.27. The van der Waals surface area contributed by atoms with Crippen LogP contribution in [0.15, 0.2) is 22.8 Å². The van der Waals surface area contributed by atoms with Crippen molar-refractivity contribution < 1.29 is 4.74 Å². The van der Waals surface area contributed by atoms with Crippen LogP contribution < -0.4 is 4.90 Å². The maximum absolute atomic E-state index is 5.55. The number of hydrogen-bond donors (Lipinski definition) is 0. The Bertz CT molecular complexity index is 358. The first-order valence-electron chi connectivity index (χ1n) is 4.83. The molecule has 2 aliphatic heterocycles. The van der Waals surface area contributed by atoms with Crippen LogP contribution in [0.2, 0.25) is 0 Å². The first-order valence-corrected chi connectivity index (χ1v) is 5.62. The van der Waals surface area contributed by atoms with E-state index in [0.29, 0.717) is 12.1 Å². The minimum absolute atomic E-state index is 0.431. The predicted octanol–water partition coefficient (Wildman–Crippen LogP) is 1.82. The van der Waals surface area contributed by atoms with Gasteiger partial charge in [-0.15, -0.1) is 0 Å². The molecule has 2 fully saturated rings. The SMILES string of the molecule is Brc1ccnc(N2C[C@H]3C[C@@H]2CO3)c1. The van der Waals surface area contributed by atoms with Crippen LogP contribution in [-0.2, 0) is 4.74 Å². The minimum atomic E-state index is 0.431. The molecule has 0 spiro atoms. The van der Waals surface area contributed by atoms with Gasteiger partial charge in [0.25, 0.3) is 0 Å². The Balaban J connectivity index is 1.89. The van der Waals surface area contributed by atoms with E-state index < -0.39 is 0 Å². The maximum atomic E-state index is 5.55. The van der Waals surface area contributed by atoms with Crippen molar-refractivity contribution in [2.75, 3.05) is 18.1 Å². The lowest BCUT2D eigenvalue weighted by molar-refractivity contribution is 0.0989. The Labute approximate surface area is 91.2 Å². The molecule has 0 N–H and O–H groups in total. The van der Waals surface area contributed by atoms with Gasteiger partial charge in [-0.1, -0.05) is 15.9 Å². The molecule has 1 aromatic heterocycles. The summed E-state index contributed by atoms with van der Waals surface area (Å²) in [5, 5.41) is 0. The number of halogens is 1. The summed E-state index contributed by atoms with van der Waals surface area (Å²) >= 11 is 3.46. The van der Waals surface area contributed by atoms with Gasteiger partial charge in [0.05, 0.1) is 18.8 Å². The average molecular weight is 255 g/mol. The molecule has 0 unspecified atom stereocenters. The van der Waals surface area contributed by atoms with Crippen molar-refractivity contribution in [3.8, 4) is 0 Å². The van der Waals surface area contributed by atoms with Gasteiger partial charge in [-0.25, -0.2) is 4.98 Å². The molecule has 2 saturated heterocycles. The van der Waals surface area contributed by atoms with Gasteiger partial charge in [0.1, 0.15) is 5.82 Å². The number of anilines is 1. The van der Waals surface area contributed by atoms with Gasteiger partial charge in [0.2, 0.25) is 0 Å². The number of morpholine rings is 1. The number of nitrogens with zero attached hydrogens (tertiary/aromatic N) is 2. The third kappa shape index (κ3) is 1.33. The summed E-state index contributed by atoms with van der Waals surface area (Å²) in [4.78, 5) is 6.73. The van der Waals surface area contributed by atoms with Crippen molar-refractivity contribution in [2.45, 2.75) is 18.6 Å². The number of rotatable bonds is 1. The predicted molar refractivity (Wildman–Crippen MR) is 57.4 cm³/mol. The zero-order valence-electron chi connectivity index (χ0n) is 7.69. The van der Waals surface area contributed by atoms with Gasteiger partial charge in [0.15, 0.2) is 0 Å². The molecule has 0 aliphatic carbocycles. The summed E-state index contributed by atoms with van der Waals surface area (Å²) < 4.78 is 6.64. The van der Waals surface area contributed by atoms with Crippen molar-refractivity contribution in [1.82, 2.24) is 4.98 Å². The molecule has 74 valence electrons. The average Bonchev–Trinajstić information content (AvgIpc) is 2.78. The highest BCUT2D eigenvalue weighted by molar-refractivity contribution is 9.10. The molecule has 3 nitrogen and oxygen atoms in total. The van der Waals surface area contributed by atoms with Crippen LogP contribution in [0.5, 0.6) is 0 Å². The van der Waals surface area contributed by atoms with Gasteiger partial charge in [-0.3, -0.25) is 0 Å². The van der Waals surface area contributed by atoms with Crippen molar-refractivity contribution >= 4 is 21.7 Å². The number of hydrogen-bond acceptors (Lipinski definition) is 3. The van der Waals surface area contributed by atoms with E-state index >= 15 is 0 Å². The summed E-state index contributed by atoms with van der Waals surface area (Å²) in [6.07, 6.45) is 3.43. The highest BCUT2D eigenvalue weighted by Gasteiger charge is 2.39. The topological polar surface area (TPSA) is 25.4 Å². The van der Waals surface area contributed by atoms with Gasteiger partial charge >= 0.3 is 0 Å². The molecule has 0 amide bonds. The van der Waals surface area contributed by atoms with E-state index in [4.69, 9.17) is 4.74 Å². The Hall–Kier alpha value is -0.610. The van der Waals surface area contributed by atoms with E-state index in [0.717, 1.165) is 29.9 Å². The molecule has 3 rings (SSSR count). The van der Waals surface area contributed by atoms with Gasteiger partial charge in [-0.2, -0.15) is 0 Å². The lowest BCUT2D eigenvalue weighted by Crippen LogP contribution is -2.37. The van der Waals surface area contributed by atoms with E-state index in [1.54, 1.807) is 0 Å². The molecule has 3 heterocycles. The number of fused-ring (bicyclic) bond motifs is 2. The van der Waals surface area contributed by atoms with Crippen molar-refractivity contribution in [1.29, 1.82) is 0 Å². The Kier molecular flexibility index (Phi) is 1.99. The summed E-state index contributed by atoms with van der Waals surface area (Å²) in [5.41, 5.74) is 0. The largest absolute Gasteiger partial charge is 0.374 e. The first-order chi connectivity index (χ1) is 6.83. The third-order valence-corrected chi connectivity index (χ3v) is 3.40. The quantitative estimate of drug-likeness (QED) is 0.765. The first kappa shape index (κ1) is 8.68. The van der Waals surface area contributed by atoms with Crippen LogP contribution in [-0.4, -0.2) is 30.3 Å². The summed E-state index contributed by atoms with van der Waals surface area (Å²) in [5.74, 6) is 1.06. The van der Waals surface area contributed by atoms with Crippen LogP contribution >= 0.6 is 15.9 Å². The lowest BCUT2D eigenvalue weighted by atomic mass is 10.2. The highest BCUT2D eigenvalue weighted by atomic mass is 79.9. The monoisotopic (exact) mass is 254 g/mol. The molecule has 0 aromatic carbocycles. The third-order valence-electron chi connectivity index (χ3n) is 2.90. The van der Waals surface area contributed by atoms with Crippen molar-refractivity contribution in [3.05, 3.63) is 22.8 Å². The Morgan fingerprint density at radius 3 is 3.14 bits per heavy atom. The molecule has 0 saturated carbocycles. The molecular formula is C10H11BrN2O. The standard InChI is InChI=1S/C10H11BrN2O/c11-7-1-2-12-10(3-7)13-5-9-4-8(13)6-14-9/h1-3,8-9H,4-6H2/t8-,9-/m1/s1. The van der Waals surface area contributed by atoms with Gasteiger partial charge in [-0.05, 0) is 18.6 Å². The fraction of sp³-hybridized carbons (Fsp3) is 0.500. The van der Waals surface area contributed by atoms with Gasteiger partial charge < -0.3 is 9.64 Å². The second-order valence-electron chi connectivity index (χ2n) is 3.83. The van der Waals surface area contributed by atoms with E-state index in [1.165, 1.54) is 0 Å². The summed E-state index contributed by atoms with van der Waals surface area (Å²) in [6.45, 7) is 1.85. The maximum Gasteiger partial charge on any atom is 0.130 e. The molecule has 2 aliphatic rings. The van der Waals surface area contributed by atoms with Crippen molar-refractivity contribution in [3.63, 3.8) is 0 Å². The highest BCUT2D eigenvalue weighted by Crippen LogP contribution is 2.32. The van der Waals surface area contributed by atoms with Crippen LogP contribution in [0.25, 0.3) is 0 Å². The molecule has 0 radical (unpaired) electrons. The molecule has 14 heavy (non-hydrogen) atoms. The molecular weight excluding hydrogens is 244 g/mol. The minimum Gasteiger partial charge on any atom is -0.374 e. The van der Waals surface area contributed by atoms with Crippen LogP contribution in [0, 0.1) is 0 Å². The summed E-state index contributed by atoms with van der Waals surface area (Å²) in [6, 6.07) is 4.57. The second-order valence-corrected chi connectivity index (χ2v) is 4.75. The lowest BCUT2D eigenvalue weighted by Gasteiger charge is -2.27. The molecule has 2 atom stereocenters. The number of pyridine rings is 1. The number of aromatic nitrogens is 1. The van der Waals surface area contributed by atoms with E-state index in [2.05, 4.69) is 31.9 Å². The Morgan fingerprint density at radius 2 is 2.50 bits per heavy atom. The fourth-order valence-electron chi connectivity index (χ4n) is 2.23. The van der Waals surface area contributed by atoms with E-state index in [-0.39, 0.29) is 0 Å². The van der Waals surface area contributed by atoms with Crippen molar-refractivity contribution in [2.24, 2.45) is 0 Å². The number of ether oxygens (including phenoxy) is 1. The summed E-state index contributed by atoms with van der Waals surface area (Å²) in [7, 11) is 0. The molecule has 1 aromatic rings. The fourth-order valence-corrected chi connectivity index (χ4v) is 2.55. The second kappa shape index (κ2) is 3.21. The van der Waals surface area contributed by atoms with Gasteiger partial charge in [0, 0.05) is 17.2 Å². The van der Waals surface area contributed by atoms with E-state index in [1.807, 2.05) is 12.3 Å². The zero-order chi connectivity index (χ0) is 9.54. The smallest absolute Gasteiger partial charge is 0.130 e. The molecule has 4 heteroatoms. The normalized spacial score (nSPS) is 29.9. The van der Waals surface area contributed by atoms with Crippen LogP contribution in [0.1, 0.15) is 6.42 Å². The van der Waals surface area contributed by atoms with Crippen LogP contribution in [0.3, 0.4) is 0 Å².